The van der Waals surface area contributed by atoms with E-state index < -0.39 is 0 Å². The van der Waals surface area contributed by atoms with Crippen molar-refractivity contribution in [3.05, 3.63) is 58.9 Å². The van der Waals surface area contributed by atoms with Crippen LogP contribution in [0.25, 0.3) is 0 Å². The zero-order valence-electron chi connectivity index (χ0n) is 11.7. The van der Waals surface area contributed by atoms with Crippen LogP contribution >= 0.6 is 0 Å². The zero-order valence-corrected chi connectivity index (χ0v) is 11.7. The lowest BCUT2D eigenvalue weighted by Crippen LogP contribution is -2.27. The Balaban J connectivity index is 2.14. The second kappa shape index (κ2) is 5.25. The van der Waals surface area contributed by atoms with Gasteiger partial charge in [0.05, 0.1) is 5.69 Å². The lowest BCUT2D eigenvalue weighted by molar-refractivity contribution is 0.618. The molecule has 0 aliphatic carbocycles. The summed E-state index contributed by atoms with van der Waals surface area (Å²) in [5.41, 5.74) is 10.9. The Hall–Kier alpha value is -1.87. The summed E-state index contributed by atoms with van der Waals surface area (Å²) in [5, 5.41) is 0. The van der Waals surface area contributed by atoms with E-state index in [4.69, 9.17) is 5.73 Å². The van der Waals surface area contributed by atoms with Gasteiger partial charge in [0.1, 0.15) is 5.82 Å². The van der Waals surface area contributed by atoms with Crippen molar-refractivity contribution in [3.8, 4) is 0 Å². The summed E-state index contributed by atoms with van der Waals surface area (Å²) in [5.74, 6) is -0.193. The van der Waals surface area contributed by atoms with Gasteiger partial charge in [0.2, 0.25) is 0 Å². The molecule has 0 saturated carbocycles. The summed E-state index contributed by atoms with van der Waals surface area (Å²) in [6.45, 7) is 3.28. The molecule has 1 aliphatic heterocycles. The van der Waals surface area contributed by atoms with E-state index in [1.165, 1.54) is 17.2 Å². The number of benzene rings is 2. The van der Waals surface area contributed by atoms with Gasteiger partial charge in [-0.2, -0.15) is 0 Å². The van der Waals surface area contributed by atoms with E-state index in [0.29, 0.717) is 12.2 Å². The van der Waals surface area contributed by atoms with Crippen LogP contribution in [0.5, 0.6) is 0 Å². The molecule has 0 bridgehead atoms. The number of anilines is 2. The summed E-state index contributed by atoms with van der Waals surface area (Å²) in [6, 6.07) is 11.5. The van der Waals surface area contributed by atoms with Gasteiger partial charge < -0.3 is 10.6 Å². The van der Waals surface area contributed by atoms with Crippen LogP contribution in [0, 0.1) is 12.7 Å². The predicted molar refractivity (Wildman–Crippen MR) is 80.8 cm³/mol. The van der Waals surface area contributed by atoms with Crippen LogP contribution in [-0.4, -0.2) is 6.54 Å². The lowest BCUT2D eigenvalue weighted by atomic mass is 9.98. The molecule has 0 fully saturated rings. The Morgan fingerprint density at radius 3 is 2.90 bits per heavy atom. The lowest BCUT2D eigenvalue weighted by Gasteiger charge is -2.33. The highest BCUT2D eigenvalue weighted by atomic mass is 19.1. The minimum atomic E-state index is -0.193. The van der Waals surface area contributed by atoms with E-state index in [9.17, 15) is 4.39 Å². The average molecular weight is 270 g/mol. The fourth-order valence-electron chi connectivity index (χ4n) is 2.99. The molecule has 2 N–H and O–H groups in total. The Morgan fingerprint density at radius 2 is 2.10 bits per heavy atom. The molecule has 0 saturated heterocycles. The molecular weight excluding hydrogens is 251 g/mol. The van der Waals surface area contributed by atoms with Crippen LogP contribution in [0.15, 0.2) is 36.4 Å². The minimum absolute atomic E-state index is 0.193. The first kappa shape index (κ1) is 13.1. The van der Waals surface area contributed by atoms with Crippen molar-refractivity contribution in [3.63, 3.8) is 0 Å². The highest BCUT2D eigenvalue weighted by Crippen LogP contribution is 2.37. The Morgan fingerprint density at radius 1 is 1.25 bits per heavy atom. The van der Waals surface area contributed by atoms with Gasteiger partial charge in [-0.1, -0.05) is 29.8 Å². The molecule has 0 atom stereocenters. The standard InChI is InChI=1S/C17H19FN2/c1-12-7-8-16-13(10-12)5-3-9-20(16)17-14(11-19)4-2-6-15(17)18/h2,4,6-8,10H,3,5,9,11,19H2,1H3. The van der Waals surface area contributed by atoms with Gasteiger partial charge in [-0.05, 0) is 43.0 Å². The molecule has 0 spiro atoms. The third-order valence-electron chi connectivity index (χ3n) is 3.91. The first-order valence-electron chi connectivity index (χ1n) is 7.05. The molecule has 20 heavy (non-hydrogen) atoms. The maximum atomic E-state index is 14.3. The topological polar surface area (TPSA) is 29.3 Å². The summed E-state index contributed by atoms with van der Waals surface area (Å²) < 4.78 is 14.3. The summed E-state index contributed by atoms with van der Waals surface area (Å²) >= 11 is 0. The van der Waals surface area contributed by atoms with Gasteiger partial charge in [0.25, 0.3) is 0 Å². The number of aryl methyl sites for hydroxylation is 2. The third kappa shape index (κ3) is 2.18. The van der Waals surface area contributed by atoms with Gasteiger partial charge in [0.15, 0.2) is 0 Å². The second-order valence-corrected chi connectivity index (χ2v) is 5.34. The molecule has 2 aromatic carbocycles. The van der Waals surface area contributed by atoms with Crippen molar-refractivity contribution in [1.29, 1.82) is 0 Å². The van der Waals surface area contributed by atoms with Crippen LogP contribution in [0.1, 0.15) is 23.1 Å². The van der Waals surface area contributed by atoms with Gasteiger partial charge >= 0.3 is 0 Å². The molecular formula is C17H19FN2. The normalized spacial score (nSPS) is 14.2. The molecule has 3 heteroatoms. The summed E-state index contributed by atoms with van der Waals surface area (Å²) in [4.78, 5) is 2.08. The molecule has 2 nitrogen and oxygen atoms in total. The smallest absolute Gasteiger partial charge is 0.147 e. The molecule has 0 aromatic heterocycles. The first-order valence-corrected chi connectivity index (χ1v) is 7.05. The molecule has 0 radical (unpaired) electrons. The van der Waals surface area contributed by atoms with E-state index in [1.54, 1.807) is 6.07 Å². The van der Waals surface area contributed by atoms with Crippen LogP contribution in [0.2, 0.25) is 0 Å². The SMILES string of the molecule is Cc1ccc2c(c1)CCCN2c1c(F)cccc1CN. The molecule has 0 unspecified atom stereocenters. The number of fused-ring (bicyclic) bond motifs is 1. The predicted octanol–water partition coefficient (Wildman–Crippen LogP) is 3.68. The number of nitrogens with two attached hydrogens (primary N) is 1. The monoisotopic (exact) mass is 270 g/mol. The number of para-hydroxylation sites is 1. The summed E-state index contributed by atoms with van der Waals surface area (Å²) in [7, 11) is 0. The van der Waals surface area contributed by atoms with Gasteiger partial charge in [-0.15, -0.1) is 0 Å². The number of halogens is 1. The van der Waals surface area contributed by atoms with Crippen LogP contribution < -0.4 is 10.6 Å². The van der Waals surface area contributed by atoms with E-state index in [2.05, 4.69) is 30.0 Å². The first-order chi connectivity index (χ1) is 9.70. The maximum Gasteiger partial charge on any atom is 0.147 e. The van der Waals surface area contributed by atoms with Crippen molar-refractivity contribution in [2.45, 2.75) is 26.3 Å². The molecule has 104 valence electrons. The van der Waals surface area contributed by atoms with Gasteiger partial charge in [-0.25, -0.2) is 4.39 Å². The van der Waals surface area contributed by atoms with Gasteiger partial charge in [-0.3, -0.25) is 0 Å². The van der Waals surface area contributed by atoms with Crippen LogP contribution in [0.3, 0.4) is 0 Å². The quantitative estimate of drug-likeness (QED) is 0.902. The van der Waals surface area contributed by atoms with Gasteiger partial charge in [0, 0.05) is 18.8 Å². The Kier molecular flexibility index (Phi) is 3.45. The number of rotatable bonds is 2. The van der Waals surface area contributed by atoms with Crippen molar-refractivity contribution < 1.29 is 4.39 Å². The average Bonchev–Trinajstić information content (AvgIpc) is 2.46. The highest BCUT2D eigenvalue weighted by molar-refractivity contribution is 5.71. The van der Waals surface area contributed by atoms with E-state index >= 15 is 0 Å². The molecule has 1 aliphatic rings. The molecule has 0 amide bonds. The van der Waals surface area contributed by atoms with Crippen LogP contribution in [-0.2, 0) is 13.0 Å². The zero-order chi connectivity index (χ0) is 14.1. The second-order valence-electron chi connectivity index (χ2n) is 5.34. The largest absolute Gasteiger partial charge is 0.339 e. The highest BCUT2D eigenvalue weighted by Gasteiger charge is 2.22. The van der Waals surface area contributed by atoms with E-state index in [0.717, 1.165) is 30.6 Å². The Labute approximate surface area is 119 Å². The number of hydrogen-bond acceptors (Lipinski definition) is 2. The van der Waals surface area contributed by atoms with Crippen molar-refractivity contribution in [2.75, 3.05) is 11.4 Å². The molecule has 3 rings (SSSR count). The fourth-order valence-corrected chi connectivity index (χ4v) is 2.99. The fraction of sp³-hybridized carbons (Fsp3) is 0.294. The number of nitrogens with zero attached hydrogens (tertiary/aromatic N) is 1. The maximum absolute atomic E-state index is 14.3. The van der Waals surface area contributed by atoms with Crippen molar-refractivity contribution in [1.82, 2.24) is 0 Å². The Bertz CT molecular complexity index is 637. The van der Waals surface area contributed by atoms with E-state index in [-0.39, 0.29) is 5.82 Å². The molecule has 1 heterocycles. The minimum Gasteiger partial charge on any atom is -0.339 e. The van der Waals surface area contributed by atoms with Crippen molar-refractivity contribution >= 4 is 11.4 Å². The third-order valence-corrected chi connectivity index (χ3v) is 3.91. The molecule has 2 aromatic rings. The summed E-state index contributed by atoms with van der Waals surface area (Å²) in [6.07, 6.45) is 2.09. The van der Waals surface area contributed by atoms with E-state index in [1.807, 2.05) is 6.07 Å². The van der Waals surface area contributed by atoms with Crippen molar-refractivity contribution in [2.24, 2.45) is 5.73 Å². The number of hydrogen-bond donors (Lipinski definition) is 1. The van der Waals surface area contributed by atoms with Crippen LogP contribution in [0.4, 0.5) is 15.8 Å².